The van der Waals surface area contributed by atoms with E-state index in [-0.39, 0.29) is 0 Å². The average molecular weight is 193 g/mol. The van der Waals surface area contributed by atoms with Gasteiger partial charge in [-0.3, -0.25) is 4.90 Å². The Labute approximate surface area is 83.9 Å². The van der Waals surface area contributed by atoms with Gasteiger partial charge in [-0.2, -0.15) is 0 Å². The molecule has 2 rings (SSSR count). The van der Waals surface area contributed by atoms with Crippen LogP contribution in [0.4, 0.5) is 0 Å². The molecule has 0 aromatic carbocycles. The minimum absolute atomic E-state index is 0.389. The lowest BCUT2D eigenvalue weighted by Crippen LogP contribution is -2.38. The fraction of sp³-hybridized carbons (Fsp3) is 0.600. The third-order valence-corrected chi connectivity index (χ3v) is 2.66. The summed E-state index contributed by atoms with van der Waals surface area (Å²) >= 11 is 0. The van der Waals surface area contributed by atoms with Crippen LogP contribution in [0.1, 0.15) is 18.5 Å². The molecular weight excluding hydrogens is 178 g/mol. The highest BCUT2D eigenvalue weighted by Gasteiger charge is 2.18. The van der Waals surface area contributed by atoms with Gasteiger partial charge in [0.15, 0.2) is 0 Å². The van der Waals surface area contributed by atoms with Gasteiger partial charge in [0.1, 0.15) is 6.33 Å². The molecule has 76 valence electrons. The maximum absolute atomic E-state index is 5.31. The van der Waals surface area contributed by atoms with Crippen molar-refractivity contribution in [2.45, 2.75) is 13.0 Å². The molecule has 14 heavy (non-hydrogen) atoms. The highest BCUT2D eigenvalue weighted by Crippen LogP contribution is 2.18. The van der Waals surface area contributed by atoms with E-state index in [0.717, 1.165) is 26.3 Å². The van der Waals surface area contributed by atoms with Crippen LogP contribution >= 0.6 is 0 Å². The Morgan fingerprint density at radius 2 is 1.93 bits per heavy atom. The Morgan fingerprint density at radius 1 is 1.29 bits per heavy atom. The predicted molar refractivity (Wildman–Crippen MR) is 52.8 cm³/mol. The zero-order chi connectivity index (χ0) is 9.80. The number of rotatable bonds is 2. The second kappa shape index (κ2) is 4.48. The summed E-state index contributed by atoms with van der Waals surface area (Å²) in [6.45, 7) is 5.84. The number of nitrogens with zero attached hydrogens (tertiary/aromatic N) is 3. The van der Waals surface area contributed by atoms with Crippen LogP contribution in [0.5, 0.6) is 0 Å². The summed E-state index contributed by atoms with van der Waals surface area (Å²) in [7, 11) is 0. The van der Waals surface area contributed by atoms with Gasteiger partial charge >= 0.3 is 0 Å². The summed E-state index contributed by atoms with van der Waals surface area (Å²) in [4.78, 5) is 10.5. The normalized spacial score (nSPS) is 20.6. The topological polar surface area (TPSA) is 38.2 Å². The lowest BCUT2D eigenvalue weighted by molar-refractivity contribution is 0.0197. The van der Waals surface area contributed by atoms with Crippen LogP contribution in [-0.4, -0.2) is 41.2 Å². The SMILES string of the molecule is CC(c1cncnc1)N1CCOCC1. The van der Waals surface area contributed by atoms with E-state index in [1.54, 1.807) is 6.33 Å². The molecule has 1 unspecified atom stereocenters. The summed E-state index contributed by atoms with van der Waals surface area (Å²) < 4.78 is 5.31. The first kappa shape index (κ1) is 9.55. The van der Waals surface area contributed by atoms with Gasteiger partial charge in [-0.1, -0.05) is 0 Å². The Balaban J connectivity index is 2.03. The van der Waals surface area contributed by atoms with Crippen LogP contribution < -0.4 is 0 Å². The number of aromatic nitrogens is 2. The molecule has 1 aromatic heterocycles. The average Bonchev–Trinajstić information content (AvgIpc) is 2.30. The van der Waals surface area contributed by atoms with Crippen molar-refractivity contribution in [2.24, 2.45) is 0 Å². The Bertz CT molecular complexity index is 272. The molecule has 4 heteroatoms. The highest BCUT2D eigenvalue weighted by molar-refractivity contribution is 5.08. The number of morpholine rings is 1. The summed E-state index contributed by atoms with van der Waals surface area (Å²) in [5.41, 5.74) is 1.18. The first-order valence-corrected chi connectivity index (χ1v) is 4.94. The van der Waals surface area contributed by atoms with Crippen molar-refractivity contribution in [3.8, 4) is 0 Å². The molecule has 1 aliphatic rings. The Morgan fingerprint density at radius 3 is 2.57 bits per heavy atom. The lowest BCUT2D eigenvalue weighted by atomic mass is 10.1. The molecule has 0 spiro atoms. The van der Waals surface area contributed by atoms with Gasteiger partial charge in [0.2, 0.25) is 0 Å². The molecule has 1 aliphatic heterocycles. The maximum Gasteiger partial charge on any atom is 0.115 e. The molecule has 1 aromatic rings. The fourth-order valence-corrected chi connectivity index (χ4v) is 1.70. The zero-order valence-corrected chi connectivity index (χ0v) is 8.39. The minimum atomic E-state index is 0.389. The molecule has 0 aliphatic carbocycles. The van der Waals surface area contributed by atoms with Crippen molar-refractivity contribution in [3.05, 3.63) is 24.3 Å². The molecule has 0 N–H and O–H groups in total. The van der Waals surface area contributed by atoms with Gasteiger partial charge < -0.3 is 4.74 Å². The van der Waals surface area contributed by atoms with Gasteiger partial charge in [-0.25, -0.2) is 9.97 Å². The fourth-order valence-electron chi connectivity index (χ4n) is 1.70. The van der Waals surface area contributed by atoms with Crippen LogP contribution in [0.25, 0.3) is 0 Å². The smallest absolute Gasteiger partial charge is 0.115 e. The molecule has 4 nitrogen and oxygen atoms in total. The van der Waals surface area contributed by atoms with Crippen molar-refractivity contribution < 1.29 is 4.74 Å². The summed E-state index contributed by atoms with van der Waals surface area (Å²) in [5.74, 6) is 0. The van der Waals surface area contributed by atoms with Crippen LogP contribution in [0.3, 0.4) is 0 Å². The Kier molecular flexibility index (Phi) is 3.06. The monoisotopic (exact) mass is 193 g/mol. The summed E-state index contributed by atoms with van der Waals surface area (Å²) in [6, 6.07) is 0.389. The number of hydrogen-bond acceptors (Lipinski definition) is 4. The molecule has 2 heterocycles. The highest BCUT2D eigenvalue weighted by atomic mass is 16.5. The molecule has 0 amide bonds. The van der Waals surface area contributed by atoms with Crippen molar-refractivity contribution in [1.82, 2.24) is 14.9 Å². The van der Waals surface area contributed by atoms with E-state index >= 15 is 0 Å². The number of hydrogen-bond donors (Lipinski definition) is 0. The largest absolute Gasteiger partial charge is 0.379 e. The zero-order valence-electron chi connectivity index (χ0n) is 8.39. The van der Waals surface area contributed by atoms with Crippen molar-refractivity contribution in [3.63, 3.8) is 0 Å². The standard InChI is InChI=1S/C10H15N3O/c1-9(10-6-11-8-12-7-10)13-2-4-14-5-3-13/h6-9H,2-5H2,1H3. The molecule has 1 atom stereocenters. The second-order valence-electron chi connectivity index (χ2n) is 3.50. The van der Waals surface area contributed by atoms with Crippen molar-refractivity contribution in [2.75, 3.05) is 26.3 Å². The van der Waals surface area contributed by atoms with Crippen LogP contribution in [0.15, 0.2) is 18.7 Å². The van der Waals surface area contributed by atoms with Crippen molar-refractivity contribution >= 4 is 0 Å². The van der Waals surface area contributed by atoms with Crippen LogP contribution in [0.2, 0.25) is 0 Å². The first-order valence-electron chi connectivity index (χ1n) is 4.94. The number of ether oxygens (including phenoxy) is 1. The molecule has 0 saturated carbocycles. The van der Waals surface area contributed by atoms with E-state index in [9.17, 15) is 0 Å². The first-order chi connectivity index (χ1) is 6.88. The van der Waals surface area contributed by atoms with Gasteiger partial charge in [0, 0.05) is 37.1 Å². The second-order valence-corrected chi connectivity index (χ2v) is 3.50. The quantitative estimate of drug-likeness (QED) is 0.698. The van der Waals surface area contributed by atoms with Gasteiger partial charge in [0.25, 0.3) is 0 Å². The van der Waals surface area contributed by atoms with E-state index in [2.05, 4.69) is 21.8 Å². The molecule has 0 radical (unpaired) electrons. The molecule has 1 saturated heterocycles. The van der Waals surface area contributed by atoms with Gasteiger partial charge in [0.05, 0.1) is 13.2 Å². The van der Waals surface area contributed by atoms with E-state index in [1.165, 1.54) is 5.56 Å². The third kappa shape index (κ3) is 2.08. The molecule has 1 fully saturated rings. The Hall–Kier alpha value is -1.00. The molecule has 0 bridgehead atoms. The minimum Gasteiger partial charge on any atom is -0.379 e. The lowest BCUT2D eigenvalue weighted by Gasteiger charge is -2.32. The van der Waals surface area contributed by atoms with Crippen LogP contribution in [0, 0.1) is 0 Å². The van der Waals surface area contributed by atoms with Crippen LogP contribution in [-0.2, 0) is 4.74 Å². The van der Waals surface area contributed by atoms with Crippen molar-refractivity contribution in [1.29, 1.82) is 0 Å². The van der Waals surface area contributed by atoms with E-state index in [4.69, 9.17) is 4.74 Å². The predicted octanol–water partition coefficient (Wildman–Crippen LogP) is 0.870. The van der Waals surface area contributed by atoms with Gasteiger partial charge in [-0.15, -0.1) is 0 Å². The van der Waals surface area contributed by atoms with E-state index in [1.807, 2.05) is 12.4 Å². The summed E-state index contributed by atoms with van der Waals surface area (Å²) in [6.07, 6.45) is 5.33. The van der Waals surface area contributed by atoms with E-state index < -0.39 is 0 Å². The van der Waals surface area contributed by atoms with Gasteiger partial charge in [-0.05, 0) is 6.92 Å². The third-order valence-electron chi connectivity index (χ3n) is 2.66. The molecular formula is C10H15N3O. The summed E-state index contributed by atoms with van der Waals surface area (Å²) in [5, 5.41) is 0. The van der Waals surface area contributed by atoms with E-state index in [0.29, 0.717) is 6.04 Å². The maximum atomic E-state index is 5.31.